The molecule has 1 aromatic heterocycles. The van der Waals surface area contributed by atoms with Crippen LogP contribution in [0.2, 0.25) is 0 Å². The first-order valence-corrected chi connectivity index (χ1v) is 4.35. The van der Waals surface area contributed by atoms with Crippen LogP contribution in [0.5, 0.6) is 0 Å². The van der Waals surface area contributed by atoms with Gasteiger partial charge in [0, 0.05) is 5.39 Å². The van der Waals surface area contributed by atoms with E-state index < -0.39 is 0 Å². The Morgan fingerprint density at radius 1 is 1.50 bits per heavy atom. The molecule has 1 aromatic carbocycles. The number of hydrogen-bond acceptors (Lipinski definition) is 3. The summed E-state index contributed by atoms with van der Waals surface area (Å²) in [6.07, 6.45) is 0. The molecule has 0 aliphatic carbocycles. The third-order valence-corrected chi connectivity index (χ3v) is 2.13. The summed E-state index contributed by atoms with van der Waals surface area (Å²) in [7, 11) is 0. The largest absolute Gasteiger partial charge is 0.458 e. The lowest BCUT2D eigenvalue weighted by molar-refractivity contribution is 0.101. The van der Waals surface area contributed by atoms with Gasteiger partial charge in [0.25, 0.3) is 0 Å². The Morgan fingerprint density at radius 3 is 2.93 bits per heavy atom. The number of rotatable bonds is 2. The van der Waals surface area contributed by atoms with Gasteiger partial charge in [0.05, 0.1) is 5.56 Å². The molecule has 0 amide bonds. The van der Waals surface area contributed by atoms with Crippen molar-refractivity contribution in [3.63, 3.8) is 0 Å². The number of furan rings is 1. The molecule has 3 nitrogen and oxygen atoms in total. The Balaban J connectivity index is 2.73. The van der Waals surface area contributed by atoms with E-state index in [2.05, 4.69) is 0 Å². The molecule has 14 heavy (non-hydrogen) atoms. The van der Waals surface area contributed by atoms with E-state index in [0.29, 0.717) is 16.9 Å². The summed E-state index contributed by atoms with van der Waals surface area (Å²) in [5.41, 5.74) is 1.12. The van der Waals surface area contributed by atoms with Crippen LogP contribution in [0.15, 0.2) is 28.7 Å². The summed E-state index contributed by atoms with van der Waals surface area (Å²) >= 11 is 0. The van der Waals surface area contributed by atoms with Crippen LogP contribution in [0, 0.1) is 0 Å². The van der Waals surface area contributed by atoms with E-state index in [0.717, 1.165) is 5.39 Å². The van der Waals surface area contributed by atoms with Gasteiger partial charge in [0.1, 0.15) is 18.0 Å². The number of carbonyl (C=O) groups excluding carboxylic acids is 1. The van der Waals surface area contributed by atoms with Crippen molar-refractivity contribution in [1.82, 2.24) is 0 Å². The van der Waals surface area contributed by atoms with Crippen molar-refractivity contribution in [2.24, 2.45) is 0 Å². The minimum Gasteiger partial charge on any atom is -0.458 e. The average Bonchev–Trinajstić information content (AvgIpc) is 2.59. The molecule has 72 valence electrons. The Bertz CT molecular complexity index is 482. The molecule has 0 aliphatic rings. The Labute approximate surface area is 81.0 Å². The summed E-state index contributed by atoms with van der Waals surface area (Å²) in [6, 6.07) is 7.11. The van der Waals surface area contributed by atoms with Crippen LogP contribution < -0.4 is 0 Å². The molecule has 0 bridgehead atoms. The van der Waals surface area contributed by atoms with E-state index in [1.54, 1.807) is 18.2 Å². The topological polar surface area (TPSA) is 50.4 Å². The highest BCUT2D eigenvalue weighted by Crippen LogP contribution is 2.23. The van der Waals surface area contributed by atoms with Gasteiger partial charge in [0.2, 0.25) is 0 Å². The third-order valence-electron chi connectivity index (χ3n) is 2.13. The molecule has 1 N–H and O–H groups in total. The van der Waals surface area contributed by atoms with Crippen LogP contribution >= 0.6 is 0 Å². The lowest BCUT2D eigenvalue weighted by atomic mass is 10.1. The number of hydrogen-bond donors (Lipinski definition) is 1. The van der Waals surface area contributed by atoms with Crippen LogP contribution in [-0.2, 0) is 6.61 Å². The smallest absolute Gasteiger partial charge is 0.163 e. The SMILES string of the molecule is CC(=O)c1cccc2cc(CO)oc12. The Hall–Kier alpha value is -1.61. The number of fused-ring (bicyclic) bond motifs is 1. The van der Waals surface area contributed by atoms with Gasteiger partial charge in [-0.1, -0.05) is 12.1 Å². The van der Waals surface area contributed by atoms with E-state index in [9.17, 15) is 4.79 Å². The summed E-state index contributed by atoms with van der Waals surface area (Å²) in [5, 5.41) is 9.74. The van der Waals surface area contributed by atoms with Crippen LogP contribution in [0.1, 0.15) is 23.0 Å². The van der Waals surface area contributed by atoms with Crippen LogP contribution in [0.3, 0.4) is 0 Å². The van der Waals surface area contributed by atoms with Gasteiger partial charge in [-0.15, -0.1) is 0 Å². The van der Waals surface area contributed by atoms with Crippen LogP contribution in [0.25, 0.3) is 11.0 Å². The second kappa shape index (κ2) is 3.27. The first kappa shape index (κ1) is 8.97. The van der Waals surface area contributed by atoms with Crippen molar-refractivity contribution in [2.75, 3.05) is 0 Å². The molecule has 0 unspecified atom stereocenters. The van der Waals surface area contributed by atoms with Crippen molar-refractivity contribution in [1.29, 1.82) is 0 Å². The fraction of sp³-hybridized carbons (Fsp3) is 0.182. The molecular formula is C11H10O3. The standard InChI is InChI=1S/C11H10O3/c1-7(13)10-4-2-3-8-5-9(6-12)14-11(8)10/h2-5,12H,6H2,1H3. The zero-order valence-corrected chi connectivity index (χ0v) is 7.78. The molecule has 2 aromatic rings. The lowest BCUT2D eigenvalue weighted by Crippen LogP contribution is -1.91. The van der Waals surface area contributed by atoms with Gasteiger partial charge in [-0.2, -0.15) is 0 Å². The van der Waals surface area contributed by atoms with E-state index >= 15 is 0 Å². The molecule has 0 saturated heterocycles. The lowest BCUT2D eigenvalue weighted by Gasteiger charge is -1.95. The van der Waals surface area contributed by atoms with Gasteiger partial charge < -0.3 is 9.52 Å². The number of aliphatic hydroxyl groups is 1. The average molecular weight is 190 g/mol. The maximum Gasteiger partial charge on any atom is 0.163 e. The van der Waals surface area contributed by atoms with Crippen LogP contribution in [-0.4, -0.2) is 10.9 Å². The third kappa shape index (κ3) is 1.32. The molecule has 0 atom stereocenters. The summed E-state index contributed by atoms with van der Waals surface area (Å²) in [5.74, 6) is 0.447. The van der Waals surface area contributed by atoms with E-state index in [-0.39, 0.29) is 12.4 Å². The molecule has 0 fully saturated rings. The molecule has 0 saturated carbocycles. The normalized spacial score (nSPS) is 10.7. The number of benzene rings is 1. The number of carbonyl (C=O) groups is 1. The molecule has 0 spiro atoms. The monoisotopic (exact) mass is 190 g/mol. The Morgan fingerprint density at radius 2 is 2.29 bits per heavy atom. The van der Waals surface area contributed by atoms with E-state index in [1.165, 1.54) is 6.92 Å². The summed E-state index contributed by atoms with van der Waals surface area (Å²) < 4.78 is 5.34. The van der Waals surface area contributed by atoms with Gasteiger partial charge in [0.15, 0.2) is 5.78 Å². The van der Waals surface area contributed by atoms with E-state index in [1.807, 2.05) is 6.07 Å². The maximum absolute atomic E-state index is 11.2. The molecule has 3 heteroatoms. The number of para-hydroxylation sites is 1. The number of ketones is 1. The fourth-order valence-corrected chi connectivity index (χ4v) is 1.47. The highest BCUT2D eigenvalue weighted by atomic mass is 16.4. The minimum atomic E-state index is -0.147. The molecule has 2 rings (SSSR count). The maximum atomic E-state index is 11.2. The molecular weight excluding hydrogens is 180 g/mol. The Kier molecular flexibility index (Phi) is 2.09. The van der Waals surface area contributed by atoms with Gasteiger partial charge in [-0.3, -0.25) is 4.79 Å². The molecule has 0 radical (unpaired) electrons. The second-order valence-corrected chi connectivity index (χ2v) is 3.15. The minimum absolute atomic E-state index is 0.0329. The predicted molar refractivity (Wildman–Crippen MR) is 52.1 cm³/mol. The van der Waals surface area contributed by atoms with Gasteiger partial charge in [-0.25, -0.2) is 0 Å². The first-order chi connectivity index (χ1) is 6.72. The zero-order valence-electron chi connectivity index (χ0n) is 7.78. The zero-order chi connectivity index (χ0) is 10.1. The number of aliphatic hydroxyl groups excluding tert-OH is 1. The number of Topliss-reactive ketones (excluding diaryl/α,β-unsaturated/α-hetero) is 1. The highest BCUT2D eigenvalue weighted by Gasteiger charge is 2.10. The van der Waals surface area contributed by atoms with Crippen molar-refractivity contribution in [2.45, 2.75) is 13.5 Å². The highest BCUT2D eigenvalue weighted by molar-refractivity contribution is 6.04. The summed E-state index contributed by atoms with van der Waals surface area (Å²) in [6.45, 7) is 1.35. The predicted octanol–water partition coefficient (Wildman–Crippen LogP) is 2.13. The summed E-state index contributed by atoms with van der Waals surface area (Å²) in [4.78, 5) is 11.2. The first-order valence-electron chi connectivity index (χ1n) is 4.35. The van der Waals surface area contributed by atoms with E-state index in [4.69, 9.17) is 9.52 Å². The fourth-order valence-electron chi connectivity index (χ4n) is 1.47. The quantitative estimate of drug-likeness (QED) is 0.738. The molecule has 0 aliphatic heterocycles. The van der Waals surface area contributed by atoms with Crippen molar-refractivity contribution in [3.8, 4) is 0 Å². The van der Waals surface area contributed by atoms with Gasteiger partial charge >= 0.3 is 0 Å². The van der Waals surface area contributed by atoms with Crippen molar-refractivity contribution >= 4 is 16.8 Å². The van der Waals surface area contributed by atoms with Crippen molar-refractivity contribution in [3.05, 3.63) is 35.6 Å². The van der Waals surface area contributed by atoms with Gasteiger partial charge in [-0.05, 0) is 19.1 Å². The van der Waals surface area contributed by atoms with Crippen LogP contribution in [0.4, 0.5) is 0 Å². The van der Waals surface area contributed by atoms with Crippen molar-refractivity contribution < 1.29 is 14.3 Å². The second-order valence-electron chi connectivity index (χ2n) is 3.15. The molecule has 1 heterocycles.